The summed E-state index contributed by atoms with van der Waals surface area (Å²) in [6, 6.07) is 3.01. The highest BCUT2D eigenvalue weighted by atomic mass is 16.6. The van der Waals surface area contributed by atoms with Gasteiger partial charge in [0.05, 0.1) is 18.4 Å². The fraction of sp³-hybridized carbons (Fsp3) is 0.556. The lowest BCUT2D eigenvalue weighted by atomic mass is 10.2. The molecule has 1 aromatic rings. The van der Waals surface area contributed by atoms with E-state index in [1.54, 1.807) is 19.2 Å². The molecule has 3 atom stereocenters. The van der Waals surface area contributed by atoms with Crippen molar-refractivity contribution < 1.29 is 14.8 Å². The number of nitro groups is 1. The molecule has 1 aliphatic heterocycles. The molecule has 2 rings (SSSR count). The first-order chi connectivity index (χ1) is 7.09. The van der Waals surface area contributed by atoms with E-state index < -0.39 is 17.3 Å². The summed E-state index contributed by atoms with van der Waals surface area (Å²) in [5.74, 6) is -0.0127. The van der Waals surface area contributed by atoms with Crippen molar-refractivity contribution in [2.24, 2.45) is 0 Å². The molecule has 0 radical (unpaired) electrons. The zero-order chi connectivity index (χ0) is 11.0. The van der Waals surface area contributed by atoms with E-state index in [4.69, 9.17) is 4.74 Å². The van der Waals surface area contributed by atoms with Crippen LogP contribution in [-0.2, 0) is 4.74 Å². The quantitative estimate of drug-likeness (QED) is 0.587. The Morgan fingerprint density at radius 2 is 2.47 bits per heavy atom. The average Bonchev–Trinajstić information content (AvgIpc) is 2.73. The van der Waals surface area contributed by atoms with Gasteiger partial charge in [0, 0.05) is 12.5 Å². The Morgan fingerprint density at radius 1 is 1.73 bits per heavy atom. The SMILES string of the molecule is CC1OC(n2cccc2[N+](=O)[O-])CC1O. The summed E-state index contributed by atoms with van der Waals surface area (Å²) >= 11 is 0. The van der Waals surface area contributed by atoms with E-state index in [0.717, 1.165) is 0 Å². The molecule has 0 aromatic carbocycles. The van der Waals surface area contributed by atoms with Crippen molar-refractivity contribution in [2.75, 3.05) is 0 Å². The first-order valence-corrected chi connectivity index (χ1v) is 4.74. The molecular weight excluding hydrogens is 200 g/mol. The minimum absolute atomic E-state index is 0.0127. The van der Waals surface area contributed by atoms with Gasteiger partial charge in [-0.3, -0.25) is 0 Å². The van der Waals surface area contributed by atoms with Gasteiger partial charge in [0.1, 0.15) is 0 Å². The fourth-order valence-corrected chi connectivity index (χ4v) is 1.75. The molecule has 1 aliphatic rings. The van der Waals surface area contributed by atoms with Crippen LogP contribution in [0, 0.1) is 10.1 Å². The van der Waals surface area contributed by atoms with Gasteiger partial charge in [-0.15, -0.1) is 0 Å². The summed E-state index contributed by atoms with van der Waals surface area (Å²) in [7, 11) is 0. The number of nitrogens with zero attached hydrogens (tertiary/aromatic N) is 2. The Bertz CT molecular complexity index is 366. The van der Waals surface area contributed by atoms with Gasteiger partial charge in [0.2, 0.25) is 6.23 Å². The third-order valence-electron chi connectivity index (χ3n) is 2.61. The molecule has 0 spiro atoms. The Labute approximate surface area is 86.2 Å². The minimum Gasteiger partial charge on any atom is -0.390 e. The number of hydrogen-bond acceptors (Lipinski definition) is 4. The molecule has 0 bridgehead atoms. The van der Waals surface area contributed by atoms with Crippen LogP contribution >= 0.6 is 0 Å². The van der Waals surface area contributed by atoms with Gasteiger partial charge in [-0.05, 0) is 17.9 Å². The van der Waals surface area contributed by atoms with Gasteiger partial charge in [-0.1, -0.05) is 0 Å². The van der Waals surface area contributed by atoms with E-state index in [9.17, 15) is 15.2 Å². The maximum atomic E-state index is 10.7. The van der Waals surface area contributed by atoms with E-state index >= 15 is 0 Å². The summed E-state index contributed by atoms with van der Waals surface area (Å²) in [6.45, 7) is 1.75. The van der Waals surface area contributed by atoms with Crippen LogP contribution in [0.15, 0.2) is 18.3 Å². The molecule has 3 unspecified atom stereocenters. The van der Waals surface area contributed by atoms with Crippen LogP contribution in [-0.4, -0.2) is 26.8 Å². The zero-order valence-electron chi connectivity index (χ0n) is 8.24. The van der Waals surface area contributed by atoms with Crippen LogP contribution in [0.2, 0.25) is 0 Å². The van der Waals surface area contributed by atoms with Crippen LogP contribution in [0.4, 0.5) is 5.82 Å². The number of hydrogen-bond donors (Lipinski definition) is 1. The predicted octanol–water partition coefficient (Wildman–Crippen LogP) is 1.06. The molecule has 6 heteroatoms. The van der Waals surface area contributed by atoms with Gasteiger partial charge in [0.15, 0.2) is 0 Å². The van der Waals surface area contributed by atoms with Gasteiger partial charge < -0.3 is 20.0 Å². The van der Waals surface area contributed by atoms with Crippen LogP contribution in [0.5, 0.6) is 0 Å². The van der Waals surface area contributed by atoms with Crippen molar-refractivity contribution in [3.05, 3.63) is 28.4 Å². The van der Waals surface area contributed by atoms with Crippen molar-refractivity contribution in [1.82, 2.24) is 4.57 Å². The second kappa shape index (κ2) is 3.63. The molecule has 1 fully saturated rings. The first kappa shape index (κ1) is 10.1. The lowest BCUT2D eigenvalue weighted by Gasteiger charge is -2.09. The largest absolute Gasteiger partial charge is 0.390 e. The minimum atomic E-state index is -0.558. The summed E-state index contributed by atoms with van der Waals surface area (Å²) in [6.07, 6.45) is 0.698. The molecule has 82 valence electrons. The summed E-state index contributed by atoms with van der Waals surface area (Å²) in [5.41, 5.74) is 0. The van der Waals surface area contributed by atoms with Crippen LogP contribution in [0.25, 0.3) is 0 Å². The first-order valence-electron chi connectivity index (χ1n) is 4.74. The smallest absolute Gasteiger partial charge is 0.325 e. The normalized spacial score (nSPS) is 30.7. The van der Waals surface area contributed by atoms with E-state index in [-0.39, 0.29) is 11.9 Å². The fourth-order valence-electron chi connectivity index (χ4n) is 1.75. The Morgan fingerprint density at radius 3 is 3.00 bits per heavy atom. The van der Waals surface area contributed by atoms with Gasteiger partial charge in [-0.2, -0.15) is 0 Å². The number of aromatic nitrogens is 1. The number of rotatable bonds is 2. The molecule has 1 saturated heterocycles. The van der Waals surface area contributed by atoms with Crippen LogP contribution < -0.4 is 0 Å². The topological polar surface area (TPSA) is 77.5 Å². The molecule has 15 heavy (non-hydrogen) atoms. The lowest BCUT2D eigenvalue weighted by Crippen LogP contribution is -2.15. The lowest BCUT2D eigenvalue weighted by molar-refractivity contribution is -0.393. The Kier molecular flexibility index (Phi) is 2.45. The molecule has 1 aromatic heterocycles. The molecular formula is C9H12N2O4. The maximum absolute atomic E-state index is 10.7. The third-order valence-corrected chi connectivity index (χ3v) is 2.61. The number of aliphatic hydroxyl groups is 1. The second-order valence-corrected chi connectivity index (χ2v) is 3.63. The van der Waals surface area contributed by atoms with E-state index in [2.05, 4.69) is 0 Å². The standard InChI is InChI=1S/C9H12N2O4/c1-6-7(12)5-9(15-6)10-4-2-3-8(10)11(13)14/h2-4,6-7,9,12H,5H2,1H3. The monoisotopic (exact) mass is 212 g/mol. The van der Waals surface area contributed by atoms with Gasteiger partial charge in [0.25, 0.3) is 0 Å². The molecule has 2 heterocycles. The zero-order valence-corrected chi connectivity index (χ0v) is 8.24. The number of ether oxygens (including phenoxy) is 1. The van der Waals surface area contributed by atoms with Crippen molar-refractivity contribution in [2.45, 2.75) is 31.8 Å². The highest BCUT2D eigenvalue weighted by Gasteiger charge is 2.36. The van der Waals surface area contributed by atoms with E-state index in [1.165, 1.54) is 10.6 Å². The maximum Gasteiger partial charge on any atom is 0.325 e. The molecule has 6 nitrogen and oxygen atoms in total. The average molecular weight is 212 g/mol. The van der Waals surface area contributed by atoms with Gasteiger partial charge in [-0.25, -0.2) is 4.57 Å². The van der Waals surface area contributed by atoms with Crippen molar-refractivity contribution >= 4 is 5.82 Å². The summed E-state index contributed by atoms with van der Waals surface area (Å²) in [4.78, 5) is 10.2. The van der Waals surface area contributed by atoms with Crippen LogP contribution in [0.3, 0.4) is 0 Å². The highest BCUT2D eigenvalue weighted by Crippen LogP contribution is 2.31. The number of aliphatic hydroxyl groups excluding tert-OH is 1. The molecule has 0 saturated carbocycles. The molecule has 1 N–H and O–H groups in total. The van der Waals surface area contributed by atoms with Gasteiger partial charge >= 0.3 is 5.82 Å². The second-order valence-electron chi connectivity index (χ2n) is 3.63. The van der Waals surface area contributed by atoms with Crippen molar-refractivity contribution in [3.63, 3.8) is 0 Å². The Hall–Kier alpha value is -1.40. The predicted molar refractivity (Wildman–Crippen MR) is 51.3 cm³/mol. The van der Waals surface area contributed by atoms with Crippen molar-refractivity contribution in [1.29, 1.82) is 0 Å². The summed E-state index contributed by atoms with van der Waals surface area (Å²) < 4.78 is 6.85. The molecule has 0 amide bonds. The third kappa shape index (κ3) is 1.73. The van der Waals surface area contributed by atoms with Crippen LogP contribution in [0.1, 0.15) is 19.6 Å². The van der Waals surface area contributed by atoms with E-state index in [1.807, 2.05) is 0 Å². The summed E-state index contributed by atoms with van der Waals surface area (Å²) in [5, 5.41) is 20.2. The van der Waals surface area contributed by atoms with E-state index in [0.29, 0.717) is 6.42 Å². The Balaban J connectivity index is 2.24. The van der Waals surface area contributed by atoms with Crippen molar-refractivity contribution in [3.8, 4) is 0 Å². The molecule has 0 aliphatic carbocycles. The highest BCUT2D eigenvalue weighted by molar-refractivity contribution is 5.22.